The Labute approximate surface area is 184 Å². The molecule has 31 heavy (non-hydrogen) atoms. The molecule has 9 heteroatoms. The van der Waals surface area contributed by atoms with Crippen LogP contribution in [-0.4, -0.2) is 49.0 Å². The maximum Gasteiger partial charge on any atom is 0.408 e. The summed E-state index contributed by atoms with van der Waals surface area (Å²) in [6.45, 7) is 2.72. The lowest BCUT2D eigenvalue weighted by Gasteiger charge is -2.21. The lowest BCUT2D eigenvalue weighted by Crippen LogP contribution is -2.35. The highest BCUT2D eigenvalue weighted by Gasteiger charge is 2.24. The smallest absolute Gasteiger partial charge is 0.408 e. The summed E-state index contributed by atoms with van der Waals surface area (Å²) in [6, 6.07) is 14.0. The second-order valence-electron chi connectivity index (χ2n) is 6.72. The molecule has 2 aromatic carbocycles. The second-order valence-corrected chi connectivity index (χ2v) is 7.81. The second kappa shape index (κ2) is 11.5. The van der Waals surface area contributed by atoms with Crippen LogP contribution in [0.2, 0.25) is 0 Å². The van der Waals surface area contributed by atoms with Gasteiger partial charge < -0.3 is 29.4 Å². The van der Waals surface area contributed by atoms with Crippen molar-refractivity contribution in [3.05, 3.63) is 54.1 Å². The highest BCUT2D eigenvalue weighted by atomic mass is 32.2. The lowest BCUT2D eigenvalue weighted by atomic mass is 10.0. The van der Waals surface area contributed by atoms with E-state index in [4.69, 9.17) is 18.9 Å². The van der Waals surface area contributed by atoms with Crippen LogP contribution in [0.15, 0.2) is 53.4 Å². The fourth-order valence-electron chi connectivity index (χ4n) is 2.96. The summed E-state index contributed by atoms with van der Waals surface area (Å²) in [5.74, 6) is 0.547. The molecule has 2 atom stereocenters. The maximum atomic E-state index is 12.6. The Morgan fingerprint density at radius 2 is 1.94 bits per heavy atom. The number of ether oxygens (including phenoxy) is 4. The van der Waals surface area contributed by atoms with Crippen LogP contribution in [0.25, 0.3) is 0 Å². The molecule has 2 aromatic rings. The third-order valence-electron chi connectivity index (χ3n) is 4.43. The number of amides is 1. The van der Waals surface area contributed by atoms with Gasteiger partial charge in [0.2, 0.25) is 6.79 Å². The predicted molar refractivity (Wildman–Crippen MR) is 115 cm³/mol. The Hall–Kier alpha value is -2.91. The molecule has 8 nitrogen and oxygen atoms in total. The molecule has 2 N–H and O–H groups in total. The van der Waals surface area contributed by atoms with E-state index in [-0.39, 0.29) is 19.8 Å². The number of benzene rings is 2. The lowest BCUT2D eigenvalue weighted by molar-refractivity contribution is -0.137. The molecule has 3 rings (SSSR count). The van der Waals surface area contributed by atoms with E-state index in [0.29, 0.717) is 29.4 Å². The maximum absolute atomic E-state index is 12.6. The average Bonchev–Trinajstić information content (AvgIpc) is 3.23. The highest BCUT2D eigenvalue weighted by Crippen LogP contribution is 2.34. The van der Waals surface area contributed by atoms with Gasteiger partial charge in [0.05, 0.1) is 19.1 Å². The normalized spacial score (nSPS) is 14.0. The molecule has 0 radical (unpaired) electrons. The monoisotopic (exact) mass is 447 g/mol. The number of hydrogen-bond acceptors (Lipinski definition) is 7. The van der Waals surface area contributed by atoms with Gasteiger partial charge in [-0.3, -0.25) is 4.79 Å². The first-order valence-electron chi connectivity index (χ1n) is 9.89. The Bertz CT molecular complexity index is 877. The zero-order valence-corrected chi connectivity index (χ0v) is 17.9. The molecule has 1 aliphatic heterocycles. The summed E-state index contributed by atoms with van der Waals surface area (Å²) >= 11 is 1.55. The van der Waals surface area contributed by atoms with Crippen molar-refractivity contribution in [1.29, 1.82) is 0 Å². The molecule has 0 aliphatic carbocycles. The minimum absolute atomic E-state index is 0.107. The molecule has 1 aliphatic rings. The number of alkyl carbamates (subject to hydrolysis) is 1. The van der Waals surface area contributed by atoms with Gasteiger partial charge in [-0.15, -0.1) is 11.8 Å². The number of aliphatic carboxylic acids is 1. The molecule has 0 saturated heterocycles. The van der Waals surface area contributed by atoms with Crippen LogP contribution in [0.5, 0.6) is 11.5 Å². The number of carbonyl (C=O) groups excluding carboxylic acids is 1. The molecule has 0 fully saturated rings. The minimum Gasteiger partial charge on any atom is -0.481 e. The van der Waals surface area contributed by atoms with Crippen LogP contribution < -0.4 is 14.8 Å². The van der Waals surface area contributed by atoms with E-state index in [9.17, 15) is 14.7 Å². The quantitative estimate of drug-likeness (QED) is 0.501. The zero-order valence-electron chi connectivity index (χ0n) is 17.1. The van der Waals surface area contributed by atoms with Crippen molar-refractivity contribution in [2.24, 2.45) is 0 Å². The van der Waals surface area contributed by atoms with Crippen molar-refractivity contribution in [3.63, 3.8) is 0 Å². The highest BCUT2D eigenvalue weighted by molar-refractivity contribution is 7.99. The SMILES string of the molecule is CCOC[C@@H](CSc1ccccc1)OC(=O)N[C@@H](CC(=O)O)c1ccc2c(c1)OCO2. The van der Waals surface area contributed by atoms with E-state index in [1.807, 2.05) is 37.3 Å². The number of carbonyl (C=O) groups is 2. The molecule has 166 valence electrons. The van der Waals surface area contributed by atoms with Crippen molar-refractivity contribution < 1.29 is 33.6 Å². The summed E-state index contributed by atoms with van der Waals surface area (Å²) < 4.78 is 21.6. The standard InChI is InChI=1S/C22H25NO7S/c1-2-27-12-16(13-31-17-6-4-3-5-7-17)30-22(26)23-18(11-21(24)25)15-8-9-19-20(10-15)29-14-28-19/h3-10,16,18H,2,11-14H2,1H3,(H,23,26)(H,24,25)/t16-,18-/m0/s1. The van der Waals surface area contributed by atoms with Crippen molar-refractivity contribution >= 4 is 23.8 Å². The van der Waals surface area contributed by atoms with Crippen LogP contribution in [-0.2, 0) is 14.3 Å². The Balaban J connectivity index is 1.63. The van der Waals surface area contributed by atoms with Crippen molar-refractivity contribution in [1.82, 2.24) is 5.32 Å². The molecule has 1 amide bonds. The number of thioether (sulfide) groups is 1. The summed E-state index contributed by atoms with van der Waals surface area (Å²) in [5, 5.41) is 11.9. The first-order chi connectivity index (χ1) is 15.0. The molecular weight excluding hydrogens is 422 g/mol. The van der Waals surface area contributed by atoms with E-state index in [1.165, 1.54) is 0 Å². The number of hydrogen-bond donors (Lipinski definition) is 2. The first kappa shape index (κ1) is 22.8. The van der Waals surface area contributed by atoms with Crippen LogP contribution in [0.3, 0.4) is 0 Å². The van der Waals surface area contributed by atoms with Gasteiger partial charge in [-0.25, -0.2) is 4.79 Å². The van der Waals surface area contributed by atoms with Crippen molar-refractivity contribution in [2.45, 2.75) is 30.4 Å². The Morgan fingerprint density at radius 1 is 1.16 bits per heavy atom. The molecule has 1 heterocycles. The van der Waals surface area contributed by atoms with Crippen molar-refractivity contribution in [2.75, 3.05) is 25.8 Å². The van der Waals surface area contributed by atoms with Gasteiger partial charge >= 0.3 is 12.1 Å². The van der Waals surface area contributed by atoms with E-state index in [0.717, 1.165) is 4.90 Å². The van der Waals surface area contributed by atoms with E-state index in [2.05, 4.69) is 5.32 Å². The Morgan fingerprint density at radius 3 is 2.68 bits per heavy atom. The minimum atomic E-state index is -1.05. The average molecular weight is 448 g/mol. The third kappa shape index (κ3) is 7.08. The number of nitrogens with one attached hydrogen (secondary N) is 1. The number of fused-ring (bicyclic) bond motifs is 1. The van der Waals surface area contributed by atoms with Crippen LogP contribution in [0.4, 0.5) is 4.79 Å². The van der Waals surface area contributed by atoms with Gasteiger partial charge in [0.1, 0.15) is 6.10 Å². The van der Waals surface area contributed by atoms with Gasteiger partial charge in [-0.2, -0.15) is 0 Å². The van der Waals surface area contributed by atoms with Crippen LogP contribution in [0, 0.1) is 0 Å². The summed E-state index contributed by atoms with van der Waals surface area (Å²) in [7, 11) is 0. The van der Waals surface area contributed by atoms with Crippen LogP contribution >= 0.6 is 11.8 Å². The summed E-state index contributed by atoms with van der Waals surface area (Å²) in [4.78, 5) is 25.0. The predicted octanol–water partition coefficient (Wildman–Crippen LogP) is 3.85. The summed E-state index contributed by atoms with van der Waals surface area (Å²) in [5.41, 5.74) is 0.587. The Kier molecular flexibility index (Phi) is 8.43. The van der Waals surface area contributed by atoms with Gasteiger partial charge in [0.25, 0.3) is 0 Å². The fraction of sp³-hybridized carbons (Fsp3) is 0.364. The van der Waals surface area contributed by atoms with Crippen LogP contribution in [0.1, 0.15) is 24.9 Å². The molecule has 0 saturated carbocycles. The van der Waals surface area contributed by atoms with Crippen molar-refractivity contribution in [3.8, 4) is 11.5 Å². The molecule has 0 unspecified atom stereocenters. The zero-order chi connectivity index (χ0) is 22.1. The largest absolute Gasteiger partial charge is 0.481 e. The van der Waals surface area contributed by atoms with Gasteiger partial charge in [0.15, 0.2) is 11.5 Å². The molecule has 0 aromatic heterocycles. The molecular formula is C22H25NO7S. The fourth-order valence-corrected chi connectivity index (χ4v) is 3.85. The van der Waals surface area contributed by atoms with Gasteiger partial charge in [-0.05, 0) is 36.8 Å². The topological polar surface area (TPSA) is 103 Å². The number of carboxylic acid groups (broad SMARTS) is 1. The first-order valence-corrected chi connectivity index (χ1v) is 10.9. The third-order valence-corrected chi connectivity index (χ3v) is 5.57. The van der Waals surface area contributed by atoms with E-state index in [1.54, 1.807) is 30.0 Å². The van der Waals surface area contributed by atoms with E-state index < -0.39 is 24.2 Å². The summed E-state index contributed by atoms with van der Waals surface area (Å²) in [6.07, 6.45) is -1.50. The number of carboxylic acids is 1. The van der Waals surface area contributed by atoms with E-state index >= 15 is 0 Å². The molecule has 0 spiro atoms. The number of rotatable bonds is 11. The molecule has 0 bridgehead atoms. The van der Waals surface area contributed by atoms with Gasteiger partial charge in [0, 0.05) is 17.3 Å². The van der Waals surface area contributed by atoms with Gasteiger partial charge in [-0.1, -0.05) is 24.3 Å².